The van der Waals surface area contributed by atoms with Gasteiger partial charge in [0.2, 0.25) is 0 Å². The molecule has 90 valence electrons. The highest BCUT2D eigenvalue weighted by atomic mass is 35.5. The highest BCUT2D eigenvalue weighted by Crippen LogP contribution is 2.35. The van der Waals surface area contributed by atoms with Crippen LogP contribution in [0.2, 0.25) is 0 Å². The molecule has 0 N–H and O–H groups in total. The van der Waals surface area contributed by atoms with E-state index in [1.165, 1.54) is 12.1 Å². The van der Waals surface area contributed by atoms with Gasteiger partial charge in [-0.15, -0.1) is 11.6 Å². The van der Waals surface area contributed by atoms with Crippen LogP contribution in [-0.4, -0.2) is 0 Å². The quantitative estimate of drug-likeness (QED) is 0.632. The van der Waals surface area contributed by atoms with Crippen LogP contribution in [-0.2, 0) is 17.5 Å². The summed E-state index contributed by atoms with van der Waals surface area (Å²) in [5.41, 5.74) is -0.143. The molecule has 0 aliphatic carbocycles. The number of alkyl halides is 4. The first-order valence-electron chi connectivity index (χ1n) is 4.93. The normalized spacial score (nSPS) is 12.9. The smallest absolute Gasteiger partial charge is 0.166 e. The van der Waals surface area contributed by atoms with Crippen molar-refractivity contribution in [3.8, 4) is 0 Å². The summed E-state index contributed by atoms with van der Waals surface area (Å²) in [6.07, 6.45) is -4.34. The van der Waals surface area contributed by atoms with E-state index in [1.807, 2.05) is 20.8 Å². The van der Waals surface area contributed by atoms with Gasteiger partial charge in [-0.25, -0.2) is 0 Å². The van der Waals surface area contributed by atoms with E-state index in [-0.39, 0.29) is 16.9 Å². The molecule has 0 nitrogen and oxygen atoms in total. The molecular weight excluding hydrogens is 237 g/mol. The third kappa shape index (κ3) is 2.91. The fraction of sp³-hybridized carbons (Fsp3) is 0.500. The van der Waals surface area contributed by atoms with Crippen molar-refractivity contribution in [2.24, 2.45) is 0 Å². The molecule has 0 aliphatic heterocycles. The van der Waals surface area contributed by atoms with E-state index >= 15 is 0 Å². The Bertz CT molecular complexity index is 375. The summed E-state index contributed by atoms with van der Waals surface area (Å²) in [7, 11) is 0. The number of benzene rings is 1. The Morgan fingerprint density at radius 1 is 1.12 bits per heavy atom. The molecule has 16 heavy (non-hydrogen) atoms. The molecule has 0 saturated carbocycles. The van der Waals surface area contributed by atoms with Crippen molar-refractivity contribution in [2.75, 3.05) is 0 Å². The maximum Gasteiger partial charge on any atom is 0.416 e. The van der Waals surface area contributed by atoms with Gasteiger partial charge in [-0.05, 0) is 22.6 Å². The Kier molecular flexibility index (Phi) is 3.58. The molecule has 1 aromatic rings. The molecule has 1 aromatic carbocycles. The van der Waals surface area contributed by atoms with Crippen molar-refractivity contribution in [1.29, 1.82) is 0 Å². The van der Waals surface area contributed by atoms with E-state index in [0.29, 0.717) is 5.56 Å². The van der Waals surface area contributed by atoms with E-state index in [9.17, 15) is 13.2 Å². The van der Waals surface area contributed by atoms with Gasteiger partial charge in [0.25, 0.3) is 0 Å². The van der Waals surface area contributed by atoms with Gasteiger partial charge in [0.15, 0.2) is 0 Å². The van der Waals surface area contributed by atoms with E-state index in [2.05, 4.69) is 0 Å². The van der Waals surface area contributed by atoms with Gasteiger partial charge in [-0.3, -0.25) is 0 Å². The van der Waals surface area contributed by atoms with Gasteiger partial charge >= 0.3 is 6.18 Å². The van der Waals surface area contributed by atoms with E-state index in [1.54, 1.807) is 6.07 Å². The number of hydrogen-bond donors (Lipinski definition) is 0. The lowest BCUT2D eigenvalue weighted by Crippen LogP contribution is -2.15. The molecule has 0 radical (unpaired) electrons. The van der Waals surface area contributed by atoms with E-state index in [4.69, 9.17) is 11.6 Å². The van der Waals surface area contributed by atoms with Crippen LogP contribution < -0.4 is 0 Å². The van der Waals surface area contributed by atoms with Crippen molar-refractivity contribution in [2.45, 2.75) is 38.2 Å². The van der Waals surface area contributed by atoms with Crippen molar-refractivity contribution >= 4 is 11.6 Å². The largest absolute Gasteiger partial charge is 0.416 e. The minimum absolute atomic E-state index is 0.126. The van der Waals surface area contributed by atoms with Crippen molar-refractivity contribution < 1.29 is 13.2 Å². The van der Waals surface area contributed by atoms with Crippen LogP contribution >= 0.6 is 11.6 Å². The Balaban J connectivity index is 3.34. The minimum Gasteiger partial charge on any atom is -0.166 e. The predicted octanol–water partition coefficient (Wildman–Crippen LogP) is 4.74. The molecule has 4 heteroatoms. The van der Waals surface area contributed by atoms with Crippen LogP contribution in [0.4, 0.5) is 13.2 Å². The number of halogens is 4. The Labute approximate surface area is 98.4 Å². The fourth-order valence-electron chi connectivity index (χ4n) is 1.42. The second-order valence-corrected chi connectivity index (χ2v) is 5.02. The minimum atomic E-state index is -4.34. The first-order chi connectivity index (χ1) is 7.16. The van der Waals surface area contributed by atoms with Crippen LogP contribution in [0.1, 0.15) is 37.5 Å². The van der Waals surface area contributed by atoms with Crippen LogP contribution in [0.3, 0.4) is 0 Å². The summed E-state index contributed by atoms with van der Waals surface area (Å²) in [5, 5.41) is 0. The lowest BCUT2D eigenvalue weighted by Gasteiger charge is -2.21. The molecule has 0 saturated heterocycles. The summed E-state index contributed by atoms with van der Waals surface area (Å²) < 4.78 is 38.2. The molecule has 0 aromatic heterocycles. The lowest BCUT2D eigenvalue weighted by atomic mass is 9.85. The average molecular weight is 251 g/mol. The zero-order chi connectivity index (χ0) is 12.6. The molecule has 1 rings (SSSR count). The summed E-state index contributed by atoms with van der Waals surface area (Å²) >= 11 is 5.50. The topological polar surface area (TPSA) is 0 Å². The Hall–Kier alpha value is -0.700. The number of hydrogen-bond acceptors (Lipinski definition) is 0. The van der Waals surface area contributed by atoms with Gasteiger partial charge in [0, 0.05) is 5.88 Å². The second kappa shape index (κ2) is 4.28. The first-order valence-corrected chi connectivity index (χ1v) is 5.46. The van der Waals surface area contributed by atoms with Gasteiger partial charge < -0.3 is 0 Å². The van der Waals surface area contributed by atoms with E-state index in [0.717, 1.165) is 0 Å². The second-order valence-electron chi connectivity index (χ2n) is 4.75. The molecule has 0 bridgehead atoms. The summed E-state index contributed by atoms with van der Waals surface area (Å²) in [4.78, 5) is 0. The van der Waals surface area contributed by atoms with Crippen LogP contribution in [0.5, 0.6) is 0 Å². The summed E-state index contributed by atoms with van der Waals surface area (Å²) in [5.74, 6) is -0.126. The van der Waals surface area contributed by atoms with Crippen LogP contribution in [0, 0.1) is 0 Å². The third-order valence-electron chi connectivity index (χ3n) is 2.43. The highest BCUT2D eigenvalue weighted by molar-refractivity contribution is 6.17. The molecule has 0 fully saturated rings. The van der Waals surface area contributed by atoms with Gasteiger partial charge in [0.05, 0.1) is 5.56 Å². The zero-order valence-corrected chi connectivity index (χ0v) is 10.2. The molecular formula is C12H14ClF3. The summed E-state index contributed by atoms with van der Waals surface area (Å²) in [6.45, 7) is 5.63. The van der Waals surface area contributed by atoms with Crippen molar-refractivity contribution in [3.05, 3.63) is 34.9 Å². The van der Waals surface area contributed by atoms with Crippen LogP contribution in [0.25, 0.3) is 0 Å². The first kappa shape index (κ1) is 13.4. The fourth-order valence-corrected chi connectivity index (χ4v) is 1.66. The third-order valence-corrected chi connectivity index (χ3v) is 2.71. The van der Waals surface area contributed by atoms with E-state index < -0.39 is 11.7 Å². The van der Waals surface area contributed by atoms with Crippen molar-refractivity contribution in [3.63, 3.8) is 0 Å². The Morgan fingerprint density at radius 3 is 2.06 bits per heavy atom. The average Bonchev–Trinajstić information content (AvgIpc) is 2.14. The standard InChI is InChI=1S/C12H14ClF3/c1-11(2,3)9-5-4-8(7-13)10(6-9)12(14,15)16/h4-6H,7H2,1-3H3. The van der Waals surface area contributed by atoms with Crippen molar-refractivity contribution in [1.82, 2.24) is 0 Å². The molecule has 0 unspecified atom stereocenters. The Morgan fingerprint density at radius 2 is 1.69 bits per heavy atom. The van der Waals surface area contributed by atoms with Gasteiger partial charge in [-0.1, -0.05) is 32.9 Å². The lowest BCUT2D eigenvalue weighted by molar-refractivity contribution is -0.138. The zero-order valence-electron chi connectivity index (χ0n) is 9.45. The molecule has 0 aliphatic rings. The monoisotopic (exact) mass is 250 g/mol. The molecule has 0 heterocycles. The maximum atomic E-state index is 12.7. The SMILES string of the molecule is CC(C)(C)c1ccc(CCl)c(C(F)(F)F)c1. The predicted molar refractivity (Wildman–Crippen MR) is 59.7 cm³/mol. The van der Waals surface area contributed by atoms with Gasteiger partial charge in [0.1, 0.15) is 0 Å². The highest BCUT2D eigenvalue weighted by Gasteiger charge is 2.34. The maximum absolute atomic E-state index is 12.7. The molecule has 0 atom stereocenters. The summed E-state index contributed by atoms with van der Waals surface area (Å²) in [6, 6.07) is 4.35. The molecule has 0 amide bonds. The molecule has 0 spiro atoms. The number of rotatable bonds is 1. The van der Waals surface area contributed by atoms with Crippen LogP contribution in [0.15, 0.2) is 18.2 Å². The van der Waals surface area contributed by atoms with Gasteiger partial charge in [-0.2, -0.15) is 13.2 Å².